The zero-order chi connectivity index (χ0) is 23.0. The molecule has 0 aromatic heterocycles. The maximum absolute atomic E-state index is 13.2. The first-order valence-electron chi connectivity index (χ1n) is 11.4. The molecule has 0 saturated heterocycles. The average molecular weight is 423 g/mol. The third-order valence-corrected chi connectivity index (χ3v) is 5.56. The van der Waals surface area contributed by atoms with Gasteiger partial charge in [0, 0.05) is 19.5 Å². The lowest BCUT2D eigenvalue weighted by Gasteiger charge is -2.29. The molecular weight excluding hydrogens is 384 g/mol. The van der Waals surface area contributed by atoms with Crippen LogP contribution in [0.5, 0.6) is 0 Å². The lowest BCUT2D eigenvalue weighted by molar-refractivity contribution is -0.140. The van der Waals surface area contributed by atoms with Crippen LogP contribution in [-0.4, -0.2) is 29.3 Å². The van der Waals surface area contributed by atoms with Gasteiger partial charge in [-0.1, -0.05) is 81.8 Å². The molecule has 0 radical (unpaired) electrons. The number of hydrogen-bond donors (Lipinski definition) is 1. The number of nitrogens with zero attached hydrogens (tertiary/aromatic N) is 1. The number of rotatable bonds is 10. The van der Waals surface area contributed by atoms with E-state index in [2.05, 4.69) is 63.3 Å². The predicted molar refractivity (Wildman–Crippen MR) is 128 cm³/mol. The summed E-state index contributed by atoms with van der Waals surface area (Å²) in [6.45, 7) is 13.4. The van der Waals surface area contributed by atoms with Crippen molar-refractivity contribution in [3.63, 3.8) is 0 Å². The van der Waals surface area contributed by atoms with E-state index in [0.717, 1.165) is 16.7 Å². The van der Waals surface area contributed by atoms with E-state index in [1.165, 1.54) is 5.56 Å². The molecule has 2 rings (SSSR count). The number of hydrogen-bond acceptors (Lipinski definition) is 2. The van der Waals surface area contributed by atoms with Crippen molar-refractivity contribution in [3.8, 4) is 0 Å². The third-order valence-electron chi connectivity index (χ3n) is 5.56. The van der Waals surface area contributed by atoms with E-state index in [4.69, 9.17) is 0 Å². The van der Waals surface area contributed by atoms with Gasteiger partial charge in [-0.3, -0.25) is 9.59 Å². The van der Waals surface area contributed by atoms with Gasteiger partial charge in [-0.05, 0) is 48.8 Å². The summed E-state index contributed by atoms with van der Waals surface area (Å²) in [5.74, 6) is 0.759. The van der Waals surface area contributed by atoms with Gasteiger partial charge in [-0.15, -0.1) is 0 Å². The van der Waals surface area contributed by atoms with E-state index in [9.17, 15) is 9.59 Å². The Morgan fingerprint density at radius 3 is 2.19 bits per heavy atom. The average Bonchev–Trinajstić information content (AvgIpc) is 2.74. The minimum atomic E-state index is -0.518. The molecule has 4 nitrogen and oxygen atoms in total. The predicted octanol–water partition coefficient (Wildman–Crippen LogP) is 5.24. The number of carbonyl (C=O) groups is 2. The standard InChI is InChI=1S/C27H38N2O2/c1-19(2)17-28-27(31)22(6)29(18-24-9-7-8-21(5)16-24)26(30)15-12-23-10-13-25(14-11-23)20(3)4/h7-11,13-14,16,19-20,22H,12,15,17-18H2,1-6H3,(H,28,31). The minimum Gasteiger partial charge on any atom is -0.354 e. The minimum absolute atomic E-state index is 0.00152. The Morgan fingerprint density at radius 1 is 0.935 bits per heavy atom. The summed E-state index contributed by atoms with van der Waals surface area (Å²) in [6, 6.07) is 16.1. The van der Waals surface area contributed by atoms with Crippen molar-refractivity contribution in [3.05, 3.63) is 70.8 Å². The highest BCUT2D eigenvalue weighted by Crippen LogP contribution is 2.17. The molecule has 0 fully saturated rings. The number of benzene rings is 2. The van der Waals surface area contributed by atoms with Crippen molar-refractivity contribution >= 4 is 11.8 Å². The Kier molecular flexibility index (Phi) is 9.29. The summed E-state index contributed by atoms with van der Waals surface area (Å²) >= 11 is 0. The zero-order valence-corrected chi connectivity index (χ0v) is 19.9. The molecule has 4 heteroatoms. The number of amides is 2. The Bertz CT molecular complexity index is 856. The first-order chi connectivity index (χ1) is 14.7. The van der Waals surface area contributed by atoms with Gasteiger partial charge in [0.15, 0.2) is 0 Å². The van der Waals surface area contributed by atoms with Gasteiger partial charge in [-0.25, -0.2) is 0 Å². The van der Waals surface area contributed by atoms with Gasteiger partial charge in [-0.2, -0.15) is 0 Å². The Hall–Kier alpha value is -2.62. The zero-order valence-electron chi connectivity index (χ0n) is 19.9. The van der Waals surface area contributed by atoms with Crippen molar-refractivity contribution in [1.29, 1.82) is 0 Å². The van der Waals surface area contributed by atoms with Gasteiger partial charge >= 0.3 is 0 Å². The molecule has 0 saturated carbocycles. The van der Waals surface area contributed by atoms with Crippen LogP contribution >= 0.6 is 0 Å². The number of aryl methyl sites for hydroxylation is 2. The van der Waals surface area contributed by atoms with Crippen molar-refractivity contribution in [2.24, 2.45) is 5.92 Å². The fourth-order valence-corrected chi connectivity index (χ4v) is 3.51. The van der Waals surface area contributed by atoms with Crippen molar-refractivity contribution in [1.82, 2.24) is 10.2 Å². The first kappa shape index (κ1) is 24.6. The van der Waals surface area contributed by atoms with Gasteiger partial charge in [0.2, 0.25) is 11.8 Å². The molecule has 0 aliphatic rings. The van der Waals surface area contributed by atoms with Gasteiger partial charge in [0.05, 0.1) is 0 Å². The van der Waals surface area contributed by atoms with Crippen molar-refractivity contribution in [2.45, 2.75) is 72.9 Å². The number of nitrogens with one attached hydrogen (secondary N) is 1. The molecule has 0 heterocycles. The molecule has 2 aromatic rings. The van der Waals surface area contributed by atoms with Crippen LogP contribution in [0, 0.1) is 12.8 Å². The highest BCUT2D eigenvalue weighted by Gasteiger charge is 2.26. The quantitative estimate of drug-likeness (QED) is 0.569. The van der Waals surface area contributed by atoms with Crippen LogP contribution in [0.3, 0.4) is 0 Å². The smallest absolute Gasteiger partial charge is 0.242 e. The molecule has 1 unspecified atom stereocenters. The molecule has 31 heavy (non-hydrogen) atoms. The molecule has 2 amide bonds. The van der Waals surface area contributed by atoms with E-state index >= 15 is 0 Å². The maximum Gasteiger partial charge on any atom is 0.242 e. The Morgan fingerprint density at radius 2 is 1.61 bits per heavy atom. The van der Waals surface area contributed by atoms with Crippen LogP contribution in [0.25, 0.3) is 0 Å². The van der Waals surface area contributed by atoms with Crippen LogP contribution in [0.1, 0.15) is 69.2 Å². The van der Waals surface area contributed by atoms with Gasteiger partial charge in [0.1, 0.15) is 6.04 Å². The molecular formula is C27H38N2O2. The van der Waals surface area contributed by atoms with E-state index in [1.807, 2.05) is 32.0 Å². The normalized spacial score (nSPS) is 12.1. The van der Waals surface area contributed by atoms with Gasteiger partial charge < -0.3 is 10.2 Å². The third kappa shape index (κ3) is 7.86. The van der Waals surface area contributed by atoms with Crippen molar-refractivity contribution < 1.29 is 9.59 Å². The summed E-state index contributed by atoms with van der Waals surface area (Å²) in [4.78, 5) is 27.6. The Labute approximate surface area is 188 Å². The molecule has 168 valence electrons. The SMILES string of the molecule is Cc1cccc(CN(C(=O)CCc2ccc(C(C)C)cc2)C(C)C(=O)NCC(C)C)c1. The second-order valence-electron chi connectivity index (χ2n) is 9.22. The summed E-state index contributed by atoms with van der Waals surface area (Å²) in [5.41, 5.74) is 4.63. The van der Waals surface area contributed by atoms with E-state index < -0.39 is 6.04 Å². The maximum atomic E-state index is 13.2. The van der Waals surface area contributed by atoms with E-state index in [1.54, 1.807) is 4.90 Å². The molecule has 1 atom stereocenters. The second-order valence-corrected chi connectivity index (χ2v) is 9.22. The molecule has 2 aromatic carbocycles. The van der Waals surface area contributed by atoms with Crippen LogP contribution in [0.2, 0.25) is 0 Å². The highest BCUT2D eigenvalue weighted by molar-refractivity contribution is 5.87. The molecule has 0 bridgehead atoms. The Balaban J connectivity index is 2.11. The monoisotopic (exact) mass is 422 g/mol. The van der Waals surface area contributed by atoms with Crippen molar-refractivity contribution in [2.75, 3.05) is 6.54 Å². The fourth-order valence-electron chi connectivity index (χ4n) is 3.51. The summed E-state index contributed by atoms with van der Waals surface area (Å²) < 4.78 is 0. The lowest BCUT2D eigenvalue weighted by atomic mass is 10.00. The van der Waals surface area contributed by atoms with Crippen LogP contribution < -0.4 is 5.32 Å². The van der Waals surface area contributed by atoms with Crippen LogP contribution in [0.15, 0.2) is 48.5 Å². The summed E-state index contributed by atoms with van der Waals surface area (Å²) in [7, 11) is 0. The second kappa shape index (κ2) is 11.7. The first-order valence-corrected chi connectivity index (χ1v) is 11.4. The highest BCUT2D eigenvalue weighted by atomic mass is 16.2. The fraction of sp³-hybridized carbons (Fsp3) is 0.481. The molecule has 0 aliphatic heterocycles. The van der Waals surface area contributed by atoms with E-state index in [-0.39, 0.29) is 11.8 Å². The lowest BCUT2D eigenvalue weighted by Crippen LogP contribution is -2.48. The topological polar surface area (TPSA) is 49.4 Å². The van der Waals surface area contributed by atoms with Crippen LogP contribution in [0.4, 0.5) is 0 Å². The summed E-state index contributed by atoms with van der Waals surface area (Å²) in [6.07, 6.45) is 1.05. The number of carbonyl (C=O) groups excluding carboxylic acids is 2. The van der Waals surface area contributed by atoms with Crippen LogP contribution in [-0.2, 0) is 22.6 Å². The van der Waals surface area contributed by atoms with E-state index in [0.29, 0.717) is 37.8 Å². The molecule has 0 spiro atoms. The molecule has 0 aliphatic carbocycles. The largest absolute Gasteiger partial charge is 0.354 e. The van der Waals surface area contributed by atoms with Gasteiger partial charge in [0.25, 0.3) is 0 Å². The molecule has 1 N–H and O–H groups in total. The summed E-state index contributed by atoms with van der Waals surface area (Å²) in [5, 5.41) is 2.97.